The standard InChI is InChI=1S/C21H26N6O3/c1-14-17-4-3-16(13-18(17)25(2)23-14)19-22-20(30-24-19)15-5-7-26(8-6-15)21(28)27-9-11-29-12-10-27/h3-4,13,15H,5-12H2,1-2H3. The minimum absolute atomic E-state index is 0.114. The van der Waals surface area contributed by atoms with Gasteiger partial charge < -0.3 is 19.1 Å². The number of hydrogen-bond donors (Lipinski definition) is 0. The van der Waals surface area contributed by atoms with Crippen molar-refractivity contribution in [3.05, 3.63) is 29.8 Å². The lowest BCUT2D eigenvalue weighted by Crippen LogP contribution is -2.50. The Morgan fingerprint density at radius 1 is 1.10 bits per heavy atom. The van der Waals surface area contributed by atoms with Crippen LogP contribution in [-0.4, -0.2) is 75.1 Å². The van der Waals surface area contributed by atoms with Crippen LogP contribution in [0.2, 0.25) is 0 Å². The fourth-order valence-corrected chi connectivity index (χ4v) is 4.37. The number of carbonyl (C=O) groups is 1. The molecule has 2 aliphatic heterocycles. The number of urea groups is 1. The van der Waals surface area contributed by atoms with E-state index in [1.54, 1.807) is 0 Å². The van der Waals surface area contributed by atoms with E-state index >= 15 is 0 Å². The van der Waals surface area contributed by atoms with Gasteiger partial charge in [-0.3, -0.25) is 4.68 Å². The van der Waals surface area contributed by atoms with Gasteiger partial charge in [-0.25, -0.2) is 4.79 Å². The Balaban J connectivity index is 1.26. The van der Waals surface area contributed by atoms with Gasteiger partial charge in [0.05, 0.1) is 24.4 Å². The van der Waals surface area contributed by atoms with Crippen molar-refractivity contribution < 1.29 is 14.1 Å². The molecule has 30 heavy (non-hydrogen) atoms. The average molecular weight is 410 g/mol. The van der Waals surface area contributed by atoms with E-state index in [0.717, 1.165) is 35.0 Å². The van der Waals surface area contributed by atoms with Crippen molar-refractivity contribution in [2.75, 3.05) is 39.4 Å². The molecule has 2 fully saturated rings. The number of ether oxygens (including phenoxy) is 1. The molecule has 0 bridgehead atoms. The first-order chi connectivity index (χ1) is 14.6. The van der Waals surface area contributed by atoms with Crippen LogP contribution in [0.15, 0.2) is 22.7 Å². The van der Waals surface area contributed by atoms with Gasteiger partial charge in [-0.05, 0) is 25.8 Å². The van der Waals surface area contributed by atoms with Gasteiger partial charge in [0.15, 0.2) is 0 Å². The number of morpholine rings is 1. The summed E-state index contributed by atoms with van der Waals surface area (Å²) in [5.41, 5.74) is 2.97. The van der Waals surface area contributed by atoms with Crippen molar-refractivity contribution in [3.63, 3.8) is 0 Å². The van der Waals surface area contributed by atoms with Crippen LogP contribution in [0, 0.1) is 6.92 Å². The number of nitrogens with zero attached hydrogens (tertiary/aromatic N) is 6. The third-order valence-corrected chi connectivity index (χ3v) is 6.13. The van der Waals surface area contributed by atoms with Crippen LogP contribution in [-0.2, 0) is 11.8 Å². The second-order valence-corrected chi connectivity index (χ2v) is 8.04. The topological polar surface area (TPSA) is 89.5 Å². The van der Waals surface area contributed by atoms with Gasteiger partial charge in [0.25, 0.3) is 0 Å². The Morgan fingerprint density at radius 3 is 2.60 bits per heavy atom. The van der Waals surface area contributed by atoms with Gasteiger partial charge in [-0.2, -0.15) is 10.1 Å². The molecule has 0 spiro atoms. The SMILES string of the molecule is Cc1nn(C)c2cc(-c3noc(C4CCN(C(=O)N5CCOCC5)CC4)n3)ccc12. The van der Waals surface area contributed by atoms with E-state index in [0.29, 0.717) is 51.1 Å². The number of aryl methyl sites for hydroxylation is 2. The zero-order chi connectivity index (χ0) is 20.7. The molecule has 2 saturated heterocycles. The fraction of sp³-hybridized carbons (Fsp3) is 0.524. The molecule has 0 aliphatic carbocycles. The van der Waals surface area contributed by atoms with Crippen molar-refractivity contribution >= 4 is 16.9 Å². The molecule has 9 nitrogen and oxygen atoms in total. The van der Waals surface area contributed by atoms with E-state index < -0.39 is 0 Å². The monoisotopic (exact) mass is 410 g/mol. The van der Waals surface area contributed by atoms with Crippen LogP contribution < -0.4 is 0 Å². The second kappa shape index (κ2) is 7.71. The predicted octanol–water partition coefficient (Wildman–Crippen LogP) is 2.56. The molecule has 5 rings (SSSR count). The van der Waals surface area contributed by atoms with Gasteiger partial charge in [0.1, 0.15) is 0 Å². The Hall–Kier alpha value is -2.94. The molecule has 9 heteroatoms. The smallest absolute Gasteiger partial charge is 0.320 e. The molecule has 1 aromatic carbocycles. The van der Waals surface area contributed by atoms with Crippen molar-refractivity contribution in [2.45, 2.75) is 25.7 Å². The Labute approximate surface area is 174 Å². The highest BCUT2D eigenvalue weighted by Crippen LogP contribution is 2.30. The number of aromatic nitrogens is 4. The van der Waals surface area contributed by atoms with Crippen LogP contribution >= 0.6 is 0 Å². The molecule has 2 aromatic heterocycles. The van der Waals surface area contributed by atoms with Gasteiger partial charge in [-0.1, -0.05) is 17.3 Å². The Kier molecular flexibility index (Phi) is 4.90. The lowest BCUT2D eigenvalue weighted by Gasteiger charge is -2.36. The predicted molar refractivity (Wildman–Crippen MR) is 110 cm³/mol. The number of carbonyl (C=O) groups excluding carboxylic acids is 1. The number of hydrogen-bond acceptors (Lipinski definition) is 6. The maximum absolute atomic E-state index is 12.7. The number of benzene rings is 1. The zero-order valence-corrected chi connectivity index (χ0v) is 17.4. The first-order valence-corrected chi connectivity index (χ1v) is 10.5. The van der Waals surface area contributed by atoms with Gasteiger partial charge >= 0.3 is 6.03 Å². The summed E-state index contributed by atoms with van der Waals surface area (Å²) in [5, 5.41) is 9.81. The van der Waals surface area contributed by atoms with Gasteiger partial charge in [-0.15, -0.1) is 0 Å². The highest BCUT2D eigenvalue weighted by Gasteiger charge is 2.30. The first kappa shape index (κ1) is 19.0. The lowest BCUT2D eigenvalue weighted by atomic mass is 9.97. The molecule has 0 radical (unpaired) electrons. The average Bonchev–Trinajstić information content (AvgIpc) is 3.39. The third kappa shape index (κ3) is 3.43. The normalized spacial score (nSPS) is 18.3. The number of likely N-dealkylation sites (tertiary alicyclic amines) is 1. The van der Waals surface area contributed by atoms with Crippen molar-refractivity contribution in [3.8, 4) is 11.4 Å². The van der Waals surface area contributed by atoms with E-state index in [-0.39, 0.29) is 11.9 Å². The number of fused-ring (bicyclic) bond motifs is 1. The molecule has 0 N–H and O–H groups in total. The molecule has 0 atom stereocenters. The highest BCUT2D eigenvalue weighted by molar-refractivity contribution is 5.85. The summed E-state index contributed by atoms with van der Waals surface area (Å²) in [6, 6.07) is 6.23. The minimum Gasteiger partial charge on any atom is -0.378 e. The van der Waals surface area contributed by atoms with E-state index in [4.69, 9.17) is 9.26 Å². The Morgan fingerprint density at radius 2 is 1.83 bits per heavy atom. The maximum Gasteiger partial charge on any atom is 0.320 e. The first-order valence-electron chi connectivity index (χ1n) is 10.5. The minimum atomic E-state index is 0.114. The molecule has 2 aliphatic rings. The summed E-state index contributed by atoms with van der Waals surface area (Å²) in [6.07, 6.45) is 1.66. The summed E-state index contributed by atoms with van der Waals surface area (Å²) >= 11 is 0. The van der Waals surface area contributed by atoms with Crippen molar-refractivity contribution in [2.24, 2.45) is 7.05 Å². The lowest BCUT2D eigenvalue weighted by molar-refractivity contribution is 0.0408. The molecule has 3 aromatic rings. The van der Waals surface area contributed by atoms with Crippen LogP contribution in [0.5, 0.6) is 0 Å². The molecule has 2 amide bonds. The summed E-state index contributed by atoms with van der Waals surface area (Å²) in [5.74, 6) is 1.44. The van der Waals surface area contributed by atoms with E-state index in [1.165, 1.54) is 0 Å². The molecule has 0 saturated carbocycles. The number of rotatable bonds is 2. The van der Waals surface area contributed by atoms with Crippen molar-refractivity contribution in [1.29, 1.82) is 0 Å². The molecule has 158 valence electrons. The summed E-state index contributed by atoms with van der Waals surface area (Å²) in [6.45, 7) is 6.01. The van der Waals surface area contributed by atoms with Gasteiger partial charge in [0.2, 0.25) is 11.7 Å². The highest BCUT2D eigenvalue weighted by atomic mass is 16.5. The largest absolute Gasteiger partial charge is 0.378 e. The van der Waals surface area contributed by atoms with Crippen LogP contribution in [0.4, 0.5) is 4.79 Å². The quantitative estimate of drug-likeness (QED) is 0.645. The third-order valence-electron chi connectivity index (χ3n) is 6.13. The van der Waals surface area contributed by atoms with E-state index in [9.17, 15) is 4.79 Å². The van der Waals surface area contributed by atoms with Gasteiger partial charge in [0, 0.05) is 50.1 Å². The van der Waals surface area contributed by atoms with Crippen molar-refractivity contribution in [1.82, 2.24) is 29.7 Å². The number of amides is 2. The molecular formula is C21H26N6O3. The van der Waals surface area contributed by atoms with Crippen LogP contribution in [0.25, 0.3) is 22.3 Å². The Bertz CT molecular complexity index is 1060. The summed E-state index contributed by atoms with van der Waals surface area (Å²) in [7, 11) is 1.94. The fourth-order valence-electron chi connectivity index (χ4n) is 4.37. The van der Waals surface area contributed by atoms with E-state index in [2.05, 4.69) is 21.3 Å². The van der Waals surface area contributed by atoms with Crippen LogP contribution in [0.1, 0.15) is 30.3 Å². The maximum atomic E-state index is 12.7. The zero-order valence-electron chi connectivity index (χ0n) is 17.4. The van der Waals surface area contributed by atoms with E-state index in [1.807, 2.05) is 40.6 Å². The van der Waals surface area contributed by atoms with Crippen LogP contribution in [0.3, 0.4) is 0 Å². The number of piperidine rings is 1. The summed E-state index contributed by atoms with van der Waals surface area (Å²) in [4.78, 5) is 21.1. The second-order valence-electron chi connectivity index (χ2n) is 8.04. The molecular weight excluding hydrogens is 384 g/mol. The molecule has 4 heterocycles. The molecule has 0 unspecified atom stereocenters. The summed E-state index contributed by atoms with van der Waals surface area (Å²) < 4.78 is 12.8.